The summed E-state index contributed by atoms with van der Waals surface area (Å²) in [5.41, 5.74) is 6.30. The average Bonchev–Trinajstić information content (AvgIpc) is 2.99. The van der Waals surface area contributed by atoms with Crippen LogP contribution in [0.5, 0.6) is 0 Å². The summed E-state index contributed by atoms with van der Waals surface area (Å²) in [5, 5.41) is 13.1. The van der Waals surface area contributed by atoms with Crippen LogP contribution in [-0.2, 0) is 56.8 Å². The number of hydrogen-bond acceptors (Lipinski definition) is 2. The van der Waals surface area contributed by atoms with Crippen LogP contribution in [0.15, 0.2) is 42.5 Å². The number of aromatic nitrogens is 1. The third-order valence-corrected chi connectivity index (χ3v) is 4.99. The van der Waals surface area contributed by atoms with Gasteiger partial charge < -0.3 is 15.4 Å². The van der Waals surface area contributed by atoms with Crippen molar-refractivity contribution in [2.24, 2.45) is 0 Å². The predicted octanol–water partition coefficient (Wildman–Crippen LogP) is 4.03. The second-order valence-electron chi connectivity index (χ2n) is 7.22. The summed E-state index contributed by atoms with van der Waals surface area (Å²) in [6.45, 7) is 4.24. The van der Waals surface area contributed by atoms with Crippen molar-refractivity contribution in [1.29, 1.82) is 0 Å². The second-order valence-corrected chi connectivity index (χ2v) is 7.22. The van der Waals surface area contributed by atoms with E-state index in [1.165, 1.54) is 29.1 Å². The van der Waals surface area contributed by atoms with Gasteiger partial charge in [0.25, 0.3) is 0 Å². The molecule has 0 atom stereocenters. The molecule has 0 aliphatic heterocycles. The third-order valence-electron chi connectivity index (χ3n) is 4.99. The number of hydrogen-bond donors (Lipinski definition) is 3. The van der Waals surface area contributed by atoms with Crippen molar-refractivity contribution < 1.29 is 47.4 Å². The van der Waals surface area contributed by atoms with E-state index in [0.717, 1.165) is 36.8 Å². The Bertz CT molecular complexity index is 993. The molecule has 1 amide bonds. The van der Waals surface area contributed by atoms with E-state index in [-0.39, 0.29) is 38.6 Å². The average molecular weight is 467 g/mol. The first-order chi connectivity index (χ1) is 13.4. The van der Waals surface area contributed by atoms with Gasteiger partial charge in [0.15, 0.2) is 0 Å². The number of aryl methyl sites for hydroxylation is 3. The van der Waals surface area contributed by atoms with E-state index in [0.29, 0.717) is 12.1 Å². The fourth-order valence-electron chi connectivity index (χ4n) is 3.56. The Morgan fingerprint density at radius 3 is 2.41 bits per heavy atom. The minimum atomic E-state index is -0.899. The third kappa shape index (κ3) is 6.25. The summed E-state index contributed by atoms with van der Waals surface area (Å²) in [7, 11) is 0. The van der Waals surface area contributed by atoms with Gasteiger partial charge in [-0.05, 0) is 61.6 Å². The maximum absolute atomic E-state index is 11.2. The van der Waals surface area contributed by atoms with Gasteiger partial charge in [0.2, 0.25) is 5.91 Å². The van der Waals surface area contributed by atoms with E-state index in [2.05, 4.69) is 35.4 Å². The monoisotopic (exact) mass is 467 g/mol. The maximum Gasteiger partial charge on any atom is 0.335 e. The van der Waals surface area contributed by atoms with Gasteiger partial charge >= 0.3 is 5.97 Å². The van der Waals surface area contributed by atoms with Crippen LogP contribution in [0.25, 0.3) is 10.9 Å². The minimum absolute atomic E-state index is 0. The number of amides is 1. The van der Waals surface area contributed by atoms with E-state index >= 15 is 0 Å². The Kier molecular flexibility index (Phi) is 8.60. The molecule has 1 heterocycles. The zero-order valence-electron chi connectivity index (χ0n) is 16.9. The maximum atomic E-state index is 11.2. The fourth-order valence-corrected chi connectivity index (χ4v) is 3.56. The van der Waals surface area contributed by atoms with Crippen molar-refractivity contribution in [1.82, 2.24) is 10.3 Å². The van der Waals surface area contributed by atoms with Gasteiger partial charge in [-0.1, -0.05) is 23.8 Å². The largest absolute Gasteiger partial charge is 0.478 e. The van der Waals surface area contributed by atoms with Crippen LogP contribution >= 0.6 is 0 Å². The predicted molar refractivity (Wildman–Crippen MR) is 111 cm³/mol. The van der Waals surface area contributed by atoms with E-state index in [1.807, 2.05) is 12.1 Å². The fraction of sp³-hybridized carbons (Fsp3) is 0.304. The summed E-state index contributed by atoms with van der Waals surface area (Å²) in [4.78, 5) is 25.7. The molecule has 3 rings (SSSR count). The molecule has 1 radical (unpaired) electrons. The molecule has 0 saturated heterocycles. The summed E-state index contributed by atoms with van der Waals surface area (Å²) in [6.07, 6.45) is 3.57. The van der Waals surface area contributed by atoms with Crippen LogP contribution in [0.4, 0.5) is 0 Å². The molecule has 1 aromatic heterocycles. The molecule has 0 saturated carbocycles. The molecule has 0 aliphatic carbocycles. The Hall–Kier alpha value is -1.98. The van der Waals surface area contributed by atoms with E-state index in [1.54, 1.807) is 12.1 Å². The molecule has 6 heteroatoms. The van der Waals surface area contributed by atoms with Gasteiger partial charge in [0.1, 0.15) is 0 Å². The number of carbonyl (C=O) groups excluding carboxylic acids is 1. The molecule has 0 spiro atoms. The smallest absolute Gasteiger partial charge is 0.335 e. The van der Waals surface area contributed by atoms with Crippen molar-refractivity contribution in [3.05, 3.63) is 70.4 Å². The molecule has 0 bridgehead atoms. The summed E-state index contributed by atoms with van der Waals surface area (Å²) >= 11 is 0. The molecule has 0 fully saturated rings. The Labute approximate surface area is 196 Å². The topological polar surface area (TPSA) is 82.2 Å². The zero-order valence-corrected chi connectivity index (χ0v) is 19.8. The first-order valence-electron chi connectivity index (χ1n) is 9.61. The van der Waals surface area contributed by atoms with Crippen LogP contribution in [0.1, 0.15) is 46.1 Å². The number of nitrogens with one attached hydrogen (secondary N) is 2. The molecular formula is C23H26N2O3Y. The van der Waals surface area contributed by atoms with Crippen molar-refractivity contribution in [2.75, 3.05) is 6.54 Å². The van der Waals surface area contributed by atoms with Crippen LogP contribution in [0, 0.1) is 6.92 Å². The zero-order chi connectivity index (χ0) is 20.1. The summed E-state index contributed by atoms with van der Waals surface area (Å²) in [6, 6.07) is 13.5. The van der Waals surface area contributed by atoms with Crippen LogP contribution in [0.2, 0.25) is 0 Å². The normalized spacial score (nSPS) is 10.6. The van der Waals surface area contributed by atoms with E-state index in [9.17, 15) is 9.59 Å². The Morgan fingerprint density at radius 2 is 1.76 bits per heavy atom. The molecule has 149 valence electrons. The van der Waals surface area contributed by atoms with Gasteiger partial charge in [-0.25, -0.2) is 4.79 Å². The van der Waals surface area contributed by atoms with Crippen molar-refractivity contribution in [2.45, 2.75) is 39.5 Å². The molecule has 3 aromatic rings. The molecule has 29 heavy (non-hydrogen) atoms. The number of H-pyrrole nitrogens is 1. The molecule has 3 N–H and O–H groups in total. The number of carbonyl (C=O) groups is 2. The first-order valence-corrected chi connectivity index (χ1v) is 9.61. The number of aromatic amines is 1. The van der Waals surface area contributed by atoms with Gasteiger partial charge in [0.05, 0.1) is 5.56 Å². The number of benzene rings is 2. The SMILES string of the molecule is CC(=O)NCCc1[nH]c2ccc(C)cc2c1CCCc1ccc(C(=O)O)cc1.[Y]. The number of aromatic carboxylic acids is 1. The van der Waals surface area contributed by atoms with Crippen LogP contribution in [0.3, 0.4) is 0 Å². The van der Waals surface area contributed by atoms with Gasteiger partial charge in [0, 0.05) is 69.2 Å². The number of carboxylic acids is 1. The minimum Gasteiger partial charge on any atom is -0.478 e. The van der Waals surface area contributed by atoms with Gasteiger partial charge in [-0.3, -0.25) is 4.79 Å². The van der Waals surface area contributed by atoms with E-state index < -0.39 is 5.97 Å². The molecule has 0 unspecified atom stereocenters. The number of fused-ring (bicyclic) bond motifs is 1. The van der Waals surface area contributed by atoms with Crippen molar-refractivity contribution in [3.63, 3.8) is 0 Å². The first kappa shape index (κ1) is 23.3. The van der Waals surface area contributed by atoms with E-state index in [4.69, 9.17) is 5.11 Å². The molecular weight excluding hydrogens is 441 g/mol. The van der Waals surface area contributed by atoms with Crippen molar-refractivity contribution in [3.8, 4) is 0 Å². The number of carboxylic acid groups (broad SMARTS) is 1. The quantitative estimate of drug-likeness (QED) is 0.468. The molecule has 5 nitrogen and oxygen atoms in total. The Balaban J connectivity index is 0.00000300. The van der Waals surface area contributed by atoms with Gasteiger partial charge in [-0.15, -0.1) is 0 Å². The van der Waals surface area contributed by atoms with Crippen LogP contribution < -0.4 is 5.32 Å². The summed E-state index contributed by atoms with van der Waals surface area (Å²) in [5.74, 6) is -0.914. The number of rotatable bonds is 8. The van der Waals surface area contributed by atoms with Crippen molar-refractivity contribution >= 4 is 22.8 Å². The summed E-state index contributed by atoms with van der Waals surface area (Å²) < 4.78 is 0. The molecule has 2 aromatic carbocycles. The Morgan fingerprint density at radius 1 is 1.03 bits per heavy atom. The van der Waals surface area contributed by atoms with Gasteiger partial charge in [-0.2, -0.15) is 0 Å². The standard InChI is InChI=1S/C23H26N2O3.Y/c1-15-6-11-21-20(14-15)19(22(25-21)12-13-24-16(2)26)5-3-4-17-7-9-18(10-8-17)23(27)28;/h6-11,14,25H,3-5,12-13H2,1-2H3,(H,24,26)(H,27,28);. The van der Waals surface area contributed by atoms with Crippen LogP contribution in [-0.4, -0.2) is 28.5 Å². The molecule has 0 aliphatic rings. The second kappa shape index (κ2) is 10.7.